The summed E-state index contributed by atoms with van der Waals surface area (Å²) in [5.41, 5.74) is 0. The van der Waals surface area contributed by atoms with Gasteiger partial charge in [-0.15, -0.1) is 0 Å². The van der Waals surface area contributed by atoms with Crippen LogP contribution in [0.2, 0.25) is 0 Å². The van der Waals surface area contributed by atoms with Gasteiger partial charge in [0.25, 0.3) is 0 Å². The van der Waals surface area contributed by atoms with Gasteiger partial charge in [0.1, 0.15) is 6.61 Å². The van der Waals surface area contributed by atoms with Gasteiger partial charge in [-0.1, -0.05) is 0 Å². The molecule has 5 nitrogen and oxygen atoms in total. The molecule has 0 aromatic heterocycles. The molecule has 0 aromatic rings. The van der Waals surface area contributed by atoms with Crippen LogP contribution >= 0.6 is 0 Å². The van der Waals surface area contributed by atoms with Gasteiger partial charge in [0.15, 0.2) is 0 Å². The number of amides is 1. The Labute approximate surface area is 65.0 Å². The molecule has 0 aliphatic carbocycles. The molecule has 0 heterocycles. The van der Waals surface area contributed by atoms with Crippen LogP contribution < -0.4 is 5.32 Å². The van der Waals surface area contributed by atoms with E-state index >= 15 is 0 Å². The first-order chi connectivity index (χ1) is 5.16. The molecule has 0 aliphatic heterocycles. The summed E-state index contributed by atoms with van der Waals surface area (Å²) in [7, 11) is 0. The topological polar surface area (TPSA) is 78.8 Å². The van der Waals surface area contributed by atoms with Gasteiger partial charge in [0.05, 0.1) is 12.7 Å². The van der Waals surface area contributed by atoms with Gasteiger partial charge in [-0.3, -0.25) is 0 Å². The zero-order valence-electron chi connectivity index (χ0n) is 6.41. The van der Waals surface area contributed by atoms with Crippen molar-refractivity contribution in [3.63, 3.8) is 0 Å². The van der Waals surface area contributed by atoms with E-state index in [0.717, 1.165) is 0 Å². The van der Waals surface area contributed by atoms with Crippen LogP contribution in [-0.4, -0.2) is 42.2 Å². The molecule has 0 radical (unpaired) electrons. The average Bonchev–Trinajstić information content (AvgIpc) is 1.97. The molecule has 0 aliphatic rings. The predicted molar refractivity (Wildman–Crippen MR) is 38.1 cm³/mol. The van der Waals surface area contributed by atoms with Crippen molar-refractivity contribution < 1.29 is 19.7 Å². The number of alkyl carbamates (subject to hydrolysis) is 1. The number of carbonyl (C=O) groups is 1. The number of aliphatic hydroxyl groups is 2. The molecule has 3 N–H and O–H groups in total. The van der Waals surface area contributed by atoms with Crippen molar-refractivity contribution in [3.05, 3.63) is 0 Å². The standard InChI is InChI=1S/C6H13NO4/c1-5(9)4-11-6(10)7-2-3-8/h5,8-9H,2-4H2,1H3,(H,7,10). The summed E-state index contributed by atoms with van der Waals surface area (Å²) in [6.07, 6.45) is -1.28. The summed E-state index contributed by atoms with van der Waals surface area (Å²) in [4.78, 5) is 10.6. The Balaban J connectivity index is 3.23. The lowest BCUT2D eigenvalue weighted by atomic mass is 10.4. The van der Waals surface area contributed by atoms with Crippen LogP contribution in [0.3, 0.4) is 0 Å². The molecule has 0 fully saturated rings. The van der Waals surface area contributed by atoms with E-state index in [4.69, 9.17) is 10.2 Å². The number of rotatable bonds is 4. The summed E-state index contributed by atoms with van der Waals surface area (Å²) in [5, 5.41) is 19.2. The summed E-state index contributed by atoms with van der Waals surface area (Å²) in [6.45, 7) is 1.53. The first-order valence-electron chi connectivity index (χ1n) is 3.36. The second-order valence-corrected chi connectivity index (χ2v) is 2.10. The smallest absolute Gasteiger partial charge is 0.407 e. The van der Waals surface area contributed by atoms with Crippen molar-refractivity contribution in [2.75, 3.05) is 19.8 Å². The molecule has 0 aromatic carbocycles. The van der Waals surface area contributed by atoms with Crippen LogP contribution in [0.1, 0.15) is 6.92 Å². The van der Waals surface area contributed by atoms with Crippen molar-refractivity contribution >= 4 is 6.09 Å². The van der Waals surface area contributed by atoms with E-state index in [2.05, 4.69) is 10.1 Å². The molecule has 0 bridgehead atoms. The van der Waals surface area contributed by atoms with Crippen molar-refractivity contribution in [2.45, 2.75) is 13.0 Å². The van der Waals surface area contributed by atoms with E-state index in [-0.39, 0.29) is 19.8 Å². The third-order valence-electron chi connectivity index (χ3n) is 0.837. The second-order valence-electron chi connectivity index (χ2n) is 2.10. The lowest BCUT2D eigenvalue weighted by molar-refractivity contribution is 0.0773. The fourth-order valence-corrected chi connectivity index (χ4v) is 0.405. The van der Waals surface area contributed by atoms with Crippen LogP contribution in [0, 0.1) is 0 Å². The van der Waals surface area contributed by atoms with Crippen molar-refractivity contribution in [3.8, 4) is 0 Å². The van der Waals surface area contributed by atoms with Crippen LogP contribution in [0.4, 0.5) is 4.79 Å². The average molecular weight is 163 g/mol. The maximum absolute atomic E-state index is 10.6. The van der Waals surface area contributed by atoms with Gasteiger partial charge >= 0.3 is 6.09 Å². The van der Waals surface area contributed by atoms with E-state index < -0.39 is 12.2 Å². The molecule has 0 saturated heterocycles. The maximum Gasteiger partial charge on any atom is 0.407 e. The highest BCUT2D eigenvalue weighted by Gasteiger charge is 2.01. The van der Waals surface area contributed by atoms with Crippen LogP contribution in [-0.2, 0) is 4.74 Å². The van der Waals surface area contributed by atoms with Gasteiger partial charge in [0, 0.05) is 6.54 Å². The zero-order chi connectivity index (χ0) is 8.69. The molecule has 5 heteroatoms. The molecule has 1 amide bonds. The molecule has 1 atom stereocenters. The summed E-state index contributed by atoms with van der Waals surface area (Å²) < 4.78 is 4.49. The third kappa shape index (κ3) is 7.08. The maximum atomic E-state index is 10.6. The minimum atomic E-state index is -0.658. The number of hydrogen-bond donors (Lipinski definition) is 3. The van der Waals surface area contributed by atoms with Crippen LogP contribution in [0.25, 0.3) is 0 Å². The summed E-state index contributed by atoms with van der Waals surface area (Å²) in [5.74, 6) is 0. The predicted octanol–water partition coefficient (Wildman–Crippen LogP) is -0.914. The molecule has 1 unspecified atom stereocenters. The van der Waals surface area contributed by atoms with Gasteiger partial charge in [-0.25, -0.2) is 4.79 Å². The number of ether oxygens (including phenoxy) is 1. The van der Waals surface area contributed by atoms with E-state index in [1.165, 1.54) is 6.92 Å². The quantitative estimate of drug-likeness (QED) is 0.501. The SMILES string of the molecule is CC(O)COC(=O)NCCO. The fraction of sp³-hybridized carbons (Fsp3) is 0.833. The molecule has 0 saturated carbocycles. The normalized spacial score (nSPS) is 12.3. The molecular weight excluding hydrogens is 150 g/mol. The van der Waals surface area contributed by atoms with Gasteiger partial charge in [0.2, 0.25) is 0 Å². The lowest BCUT2D eigenvalue weighted by Crippen LogP contribution is -2.29. The Hall–Kier alpha value is -0.810. The minimum Gasteiger partial charge on any atom is -0.447 e. The fourth-order valence-electron chi connectivity index (χ4n) is 0.405. The Kier molecular flexibility index (Phi) is 5.50. The van der Waals surface area contributed by atoms with E-state index in [1.54, 1.807) is 0 Å². The summed E-state index contributed by atoms with van der Waals surface area (Å²) in [6, 6.07) is 0. The van der Waals surface area contributed by atoms with E-state index in [9.17, 15) is 4.79 Å². The first-order valence-corrected chi connectivity index (χ1v) is 3.36. The Morgan fingerprint density at radius 3 is 2.82 bits per heavy atom. The molecule has 11 heavy (non-hydrogen) atoms. The lowest BCUT2D eigenvalue weighted by Gasteiger charge is -2.06. The monoisotopic (exact) mass is 163 g/mol. The Bertz CT molecular complexity index is 115. The van der Waals surface area contributed by atoms with Crippen molar-refractivity contribution in [2.24, 2.45) is 0 Å². The zero-order valence-corrected chi connectivity index (χ0v) is 6.41. The molecule has 0 spiro atoms. The highest BCUT2D eigenvalue weighted by molar-refractivity contribution is 5.67. The third-order valence-corrected chi connectivity index (χ3v) is 0.837. The first kappa shape index (κ1) is 10.2. The minimum absolute atomic E-state index is 0.0305. The van der Waals surface area contributed by atoms with E-state index in [1.807, 2.05) is 0 Å². The number of carbonyl (C=O) groups excluding carboxylic acids is 1. The Morgan fingerprint density at radius 1 is 1.73 bits per heavy atom. The highest BCUT2D eigenvalue weighted by Crippen LogP contribution is 1.82. The molecule has 0 rings (SSSR count). The molecular formula is C6H13NO4. The van der Waals surface area contributed by atoms with Crippen molar-refractivity contribution in [1.82, 2.24) is 5.32 Å². The highest BCUT2D eigenvalue weighted by atomic mass is 16.6. The number of nitrogens with one attached hydrogen (secondary N) is 1. The van der Waals surface area contributed by atoms with E-state index in [0.29, 0.717) is 0 Å². The van der Waals surface area contributed by atoms with Crippen LogP contribution in [0.5, 0.6) is 0 Å². The van der Waals surface area contributed by atoms with Crippen molar-refractivity contribution in [1.29, 1.82) is 0 Å². The van der Waals surface area contributed by atoms with Crippen LogP contribution in [0.15, 0.2) is 0 Å². The number of hydrogen-bond acceptors (Lipinski definition) is 4. The van der Waals surface area contributed by atoms with Gasteiger partial charge < -0.3 is 20.3 Å². The number of aliphatic hydroxyl groups excluding tert-OH is 2. The van der Waals surface area contributed by atoms with Gasteiger partial charge in [-0.05, 0) is 6.92 Å². The largest absolute Gasteiger partial charge is 0.447 e. The molecule has 66 valence electrons. The van der Waals surface area contributed by atoms with Gasteiger partial charge in [-0.2, -0.15) is 0 Å². The summed E-state index contributed by atoms with van der Waals surface area (Å²) >= 11 is 0. The second kappa shape index (κ2) is 5.94. The Morgan fingerprint density at radius 2 is 2.36 bits per heavy atom.